The van der Waals surface area contributed by atoms with E-state index in [1.165, 1.54) is 26.5 Å². The molecular formula is C23H28N6O5. The maximum atomic E-state index is 13.0. The van der Waals surface area contributed by atoms with Crippen LogP contribution in [-0.2, 0) is 16.1 Å². The van der Waals surface area contributed by atoms with Crippen molar-refractivity contribution < 1.29 is 14.3 Å². The predicted molar refractivity (Wildman–Crippen MR) is 127 cm³/mol. The van der Waals surface area contributed by atoms with Gasteiger partial charge in [0, 0.05) is 19.3 Å². The van der Waals surface area contributed by atoms with E-state index in [2.05, 4.69) is 10.1 Å². The van der Waals surface area contributed by atoms with Crippen molar-refractivity contribution >= 4 is 23.4 Å². The second-order valence-electron chi connectivity index (χ2n) is 7.63. The average Bonchev–Trinajstić information content (AvgIpc) is 3.33. The van der Waals surface area contributed by atoms with Crippen LogP contribution < -0.4 is 21.9 Å². The van der Waals surface area contributed by atoms with Crippen molar-refractivity contribution in [1.82, 2.24) is 19.3 Å². The molecule has 0 aliphatic carbocycles. The number of hydrogen-bond donors (Lipinski definition) is 2. The number of anilines is 2. The fraction of sp³-hybridized carbons (Fsp3) is 0.348. The minimum atomic E-state index is -0.769. The number of para-hydroxylation sites is 1. The summed E-state index contributed by atoms with van der Waals surface area (Å²) < 4.78 is 7.93. The van der Waals surface area contributed by atoms with Gasteiger partial charge in [-0.05, 0) is 25.0 Å². The Balaban J connectivity index is 1.79. The molecule has 1 amide bonds. The van der Waals surface area contributed by atoms with E-state index in [0.29, 0.717) is 12.8 Å². The Hall–Kier alpha value is -4.15. The molecule has 3 N–H and O–H groups in total. The van der Waals surface area contributed by atoms with Crippen LogP contribution in [-0.4, -0.2) is 44.4 Å². The Morgan fingerprint density at radius 3 is 2.56 bits per heavy atom. The maximum absolute atomic E-state index is 13.0. The Kier molecular flexibility index (Phi) is 8.01. The first kappa shape index (κ1) is 24.5. The quantitative estimate of drug-likeness (QED) is 0.431. The molecule has 0 bridgehead atoms. The van der Waals surface area contributed by atoms with Gasteiger partial charge in [0.2, 0.25) is 0 Å². The van der Waals surface area contributed by atoms with Crippen LogP contribution in [0.25, 0.3) is 5.69 Å². The average molecular weight is 469 g/mol. The zero-order valence-electron chi connectivity index (χ0n) is 19.2. The van der Waals surface area contributed by atoms with Gasteiger partial charge in [0.1, 0.15) is 5.82 Å². The largest absolute Gasteiger partial charge is 0.452 e. The monoisotopic (exact) mass is 468 g/mol. The smallest absolute Gasteiger partial charge is 0.341 e. The molecule has 180 valence electrons. The lowest BCUT2D eigenvalue weighted by Crippen LogP contribution is -2.43. The fourth-order valence-corrected chi connectivity index (χ4v) is 3.40. The molecule has 1 aromatic carbocycles. The highest BCUT2D eigenvalue weighted by Crippen LogP contribution is 2.18. The number of nitrogens with one attached hydrogen (secondary N) is 1. The summed E-state index contributed by atoms with van der Waals surface area (Å²) in [6.45, 7) is 3.64. The van der Waals surface area contributed by atoms with E-state index < -0.39 is 29.7 Å². The van der Waals surface area contributed by atoms with Gasteiger partial charge < -0.3 is 15.4 Å². The van der Waals surface area contributed by atoms with Gasteiger partial charge in [-0.15, -0.1) is 0 Å². The molecule has 2 heterocycles. The van der Waals surface area contributed by atoms with Crippen molar-refractivity contribution in [3.8, 4) is 5.69 Å². The third-order valence-corrected chi connectivity index (χ3v) is 5.13. The minimum absolute atomic E-state index is 0.101. The van der Waals surface area contributed by atoms with Crippen molar-refractivity contribution in [1.29, 1.82) is 0 Å². The number of carbonyl (C=O) groups excluding carboxylic acids is 2. The predicted octanol–water partition coefficient (Wildman–Crippen LogP) is 1.70. The third-order valence-electron chi connectivity index (χ3n) is 5.13. The molecule has 3 rings (SSSR count). The number of aromatic amines is 1. The number of nitrogen functional groups attached to an aromatic ring is 1. The molecule has 11 nitrogen and oxygen atoms in total. The molecule has 0 atom stereocenters. The third kappa shape index (κ3) is 5.42. The Bertz CT molecular complexity index is 1260. The number of nitrogens with two attached hydrogens (primary N) is 1. The van der Waals surface area contributed by atoms with Crippen molar-refractivity contribution in [3.63, 3.8) is 0 Å². The first-order chi connectivity index (χ1) is 16.4. The molecule has 34 heavy (non-hydrogen) atoms. The number of nitrogens with zero attached hydrogens (tertiary/aromatic N) is 4. The lowest BCUT2D eigenvalue weighted by Gasteiger charge is -2.24. The maximum Gasteiger partial charge on any atom is 0.341 e. The molecule has 0 aliphatic rings. The first-order valence-electron chi connectivity index (χ1n) is 11.1. The molecule has 3 aromatic rings. The van der Waals surface area contributed by atoms with Crippen LogP contribution in [0, 0.1) is 0 Å². The van der Waals surface area contributed by atoms with Crippen LogP contribution >= 0.6 is 0 Å². The molecule has 0 radical (unpaired) electrons. The zero-order valence-corrected chi connectivity index (χ0v) is 19.2. The number of rotatable bonds is 10. The summed E-state index contributed by atoms with van der Waals surface area (Å²) in [7, 11) is 0. The SMILES string of the molecule is CCCCN(C(=O)COC(=O)c1cnn(-c2ccccc2)c1)c1c(N)n(CCC)c(=O)[nH]c1=O. The zero-order chi connectivity index (χ0) is 24.7. The number of aromatic nitrogens is 4. The van der Waals surface area contributed by atoms with Gasteiger partial charge in [-0.1, -0.05) is 38.5 Å². The summed E-state index contributed by atoms with van der Waals surface area (Å²) in [5.41, 5.74) is 5.52. The summed E-state index contributed by atoms with van der Waals surface area (Å²) in [6.07, 6.45) is 4.77. The second-order valence-corrected chi connectivity index (χ2v) is 7.63. The molecule has 0 aliphatic heterocycles. The topological polar surface area (TPSA) is 145 Å². The first-order valence-corrected chi connectivity index (χ1v) is 11.1. The molecule has 2 aromatic heterocycles. The highest BCUT2D eigenvalue weighted by molar-refractivity contribution is 5.98. The van der Waals surface area contributed by atoms with Crippen LogP contribution in [0.4, 0.5) is 11.5 Å². The van der Waals surface area contributed by atoms with Crippen LogP contribution in [0.1, 0.15) is 43.5 Å². The summed E-state index contributed by atoms with van der Waals surface area (Å²) in [6, 6.07) is 9.21. The van der Waals surface area contributed by atoms with E-state index in [1.807, 2.05) is 44.2 Å². The van der Waals surface area contributed by atoms with E-state index in [9.17, 15) is 19.2 Å². The van der Waals surface area contributed by atoms with Crippen molar-refractivity contribution in [2.45, 2.75) is 39.7 Å². The Labute approximate surface area is 195 Å². The van der Waals surface area contributed by atoms with E-state index in [1.54, 1.807) is 0 Å². The lowest BCUT2D eigenvalue weighted by atomic mass is 10.2. The standard InChI is InChI=1S/C23H28N6O5/c1-3-5-12-27(19-20(24)28(11-4-2)23(33)26-21(19)31)18(30)15-34-22(32)16-13-25-29(14-16)17-9-7-6-8-10-17/h6-10,13-14H,3-5,11-12,15,24H2,1-2H3,(H,26,31,33). The highest BCUT2D eigenvalue weighted by atomic mass is 16.5. The minimum Gasteiger partial charge on any atom is -0.452 e. The van der Waals surface area contributed by atoms with E-state index >= 15 is 0 Å². The van der Waals surface area contributed by atoms with E-state index in [4.69, 9.17) is 10.5 Å². The van der Waals surface area contributed by atoms with E-state index in [-0.39, 0.29) is 30.2 Å². The van der Waals surface area contributed by atoms with Crippen molar-refractivity contribution in [3.05, 3.63) is 69.1 Å². The van der Waals surface area contributed by atoms with Gasteiger partial charge in [-0.25, -0.2) is 14.3 Å². The second kappa shape index (κ2) is 11.1. The Morgan fingerprint density at radius 2 is 1.88 bits per heavy atom. The number of esters is 1. The lowest BCUT2D eigenvalue weighted by molar-refractivity contribution is -0.121. The molecule has 0 unspecified atom stereocenters. The number of carbonyl (C=O) groups is 2. The molecule has 11 heteroatoms. The normalized spacial score (nSPS) is 10.8. The molecule has 0 spiro atoms. The number of unbranched alkanes of at least 4 members (excludes halogenated alkanes) is 1. The van der Waals surface area contributed by atoms with Gasteiger partial charge in [-0.2, -0.15) is 5.10 Å². The van der Waals surface area contributed by atoms with Crippen molar-refractivity contribution in [2.75, 3.05) is 23.8 Å². The van der Waals surface area contributed by atoms with Crippen LogP contribution in [0.15, 0.2) is 52.3 Å². The number of ether oxygens (including phenoxy) is 1. The fourth-order valence-electron chi connectivity index (χ4n) is 3.40. The molecule has 0 saturated heterocycles. The summed E-state index contributed by atoms with van der Waals surface area (Å²) in [4.78, 5) is 53.6. The van der Waals surface area contributed by atoms with Gasteiger partial charge in [0.15, 0.2) is 12.3 Å². The van der Waals surface area contributed by atoms with Crippen LogP contribution in [0.2, 0.25) is 0 Å². The highest BCUT2D eigenvalue weighted by Gasteiger charge is 2.25. The summed E-state index contributed by atoms with van der Waals surface area (Å²) in [5, 5.41) is 4.14. The van der Waals surface area contributed by atoms with Crippen LogP contribution in [0.3, 0.4) is 0 Å². The van der Waals surface area contributed by atoms with Gasteiger partial charge in [0.25, 0.3) is 11.5 Å². The summed E-state index contributed by atoms with van der Waals surface area (Å²) >= 11 is 0. The molecule has 0 saturated carbocycles. The molecule has 0 fully saturated rings. The number of H-pyrrole nitrogens is 1. The summed E-state index contributed by atoms with van der Waals surface area (Å²) in [5.74, 6) is -1.46. The number of hydrogen-bond acceptors (Lipinski definition) is 7. The van der Waals surface area contributed by atoms with Gasteiger partial charge in [-0.3, -0.25) is 19.1 Å². The van der Waals surface area contributed by atoms with E-state index in [0.717, 1.165) is 12.1 Å². The number of benzene rings is 1. The molecular weight excluding hydrogens is 440 g/mol. The van der Waals surface area contributed by atoms with Gasteiger partial charge in [0.05, 0.1) is 17.4 Å². The van der Waals surface area contributed by atoms with Crippen LogP contribution in [0.5, 0.6) is 0 Å². The Morgan fingerprint density at radius 1 is 1.15 bits per heavy atom. The van der Waals surface area contributed by atoms with Crippen molar-refractivity contribution in [2.24, 2.45) is 0 Å². The van der Waals surface area contributed by atoms with Gasteiger partial charge >= 0.3 is 11.7 Å². The number of amides is 1.